The quantitative estimate of drug-likeness (QED) is 0.590. The van der Waals surface area contributed by atoms with Gasteiger partial charge in [-0.25, -0.2) is 0 Å². The first-order chi connectivity index (χ1) is 14.5. The molecule has 1 atom stereocenters. The number of aryl methyl sites for hydroxylation is 3. The van der Waals surface area contributed by atoms with Crippen molar-refractivity contribution in [1.29, 1.82) is 5.26 Å². The smallest absolute Gasteiger partial charge is 0.205 e. The number of nitrogens with zero attached hydrogens (tertiary/aromatic N) is 2. The van der Waals surface area contributed by atoms with Crippen LogP contribution in [-0.2, 0) is 0 Å². The molecule has 0 spiro atoms. The molecule has 148 valence electrons. The van der Waals surface area contributed by atoms with Crippen LogP contribution in [-0.4, -0.2) is 6.21 Å². The third kappa shape index (κ3) is 3.58. The molecular formula is C26H23N3O. The molecule has 4 rings (SSSR count). The Morgan fingerprint density at radius 3 is 2.37 bits per heavy atom. The largest absolute Gasteiger partial charge is 0.440 e. The molecule has 0 fully saturated rings. The predicted octanol–water partition coefficient (Wildman–Crippen LogP) is 5.58. The third-order valence-electron chi connectivity index (χ3n) is 5.35. The molecule has 0 saturated heterocycles. The fraction of sp³-hybridized carbons (Fsp3) is 0.154. The standard InChI is InChI=1S/C26H23N3O/c1-16-11-17(2)25(18(3)12-16)29-15-19-9-10-23-21(13-19)24(20-7-5-4-6-8-20)22(14-27)26(28)30-23/h4-13,15,24H,28H2,1-3H3/t24-/m1/s1. The van der Waals surface area contributed by atoms with Gasteiger partial charge in [0, 0.05) is 11.8 Å². The average Bonchev–Trinajstić information content (AvgIpc) is 2.72. The number of aliphatic imine (C=N–C) groups is 1. The van der Waals surface area contributed by atoms with Crippen LogP contribution in [0.5, 0.6) is 5.75 Å². The van der Waals surface area contributed by atoms with Crippen LogP contribution < -0.4 is 10.5 Å². The molecule has 0 aliphatic carbocycles. The Morgan fingerprint density at radius 1 is 1.00 bits per heavy atom. The van der Waals surface area contributed by atoms with E-state index in [9.17, 15) is 5.26 Å². The van der Waals surface area contributed by atoms with Gasteiger partial charge in [0.2, 0.25) is 5.88 Å². The summed E-state index contributed by atoms with van der Waals surface area (Å²) in [6.07, 6.45) is 1.86. The normalized spacial score (nSPS) is 15.6. The number of nitrogens with two attached hydrogens (primary N) is 1. The molecule has 0 radical (unpaired) electrons. The summed E-state index contributed by atoms with van der Waals surface area (Å²) in [5.41, 5.74) is 13.8. The SMILES string of the molecule is Cc1cc(C)c(N=Cc2ccc3c(c2)[C@@H](c2ccccc2)C(C#N)=C(N)O3)c(C)c1. The molecule has 30 heavy (non-hydrogen) atoms. The first-order valence-electron chi connectivity index (χ1n) is 9.86. The van der Waals surface area contributed by atoms with Gasteiger partial charge in [-0.15, -0.1) is 0 Å². The van der Waals surface area contributed by atoms with E-state index in [1.165, 1.54) is 5.56 Å². The maximum Gasteiger partial charge on any atom is 0.205 e. The van der Waals surface area contributed by atoms with Crippen molar-refractivity contribution in [2.24, 2.45) is 10.7 Å². The minimum absolute atomic E-state index is 0.158. The van der Waals surface area contributed by atoms with E-state index in [0.29, 0.717) is 11.3 Å². The van der Waals surface area contributed by atoms with Crippen LogP contribution in [0.1, 0.15) is 39.3 Å². The minimum atomic E-state index is -0.267. The van der Waals surface area contributed by atoms with E-state index in [1.54, 1.807) is 0 Å². The van der Waals surface area contributed by atoms with Gasteiger partial charge in [-0.2, -0.15) is 5.26 Å². The number of fused-ring (bicyclic) bond motifs is 1. The number of nitriles is 1. The summed E-state index contributed by atoms with van der Waals surface area (Å²) in [5, 5.41) is 9.73. The van der Waals surface area contributed by atoms with Crippen molar-refractivity contribution in [2.45, 2.75) is 26.7 Å². The highest BCUT2D eigenvalue weighted by Gasteiger charge is 2.30. The Bertz CT molecular complexity index is 1190. The van der Waals surface area contributed by atoms with Gasteiger partial charge in [0.25, 0.3) is 0 Å². The Hall–Kier alpha value is -3.84. The Kier molecular flexibility index (Phi) is 5.12. The van der Waals surface area contributed by atoms with Crippen molar-refractivity contribution in [2.75, 3.05) is 0 Å². The van der Waals surface area contributed by atoms with E-state index in [0.717, 1.165) is 33.5 Å². The lowest BCUT2D eigenvalue weighted by atomic mass is 9.83. The number of rotatable bonds is 3. The Labute approximate surface area is 177 Å². The van der Waals surface area contributed by atoms with Crippen molar-refractivity contribution in [3.63, 3.8) is 0 Å². The molecule has 3 aromatic rings. The van der Waals surface area contributed by atoms with E-state index in [2.05, 4.69) is 39.0 Å². The molecule has 4 nitrogen and oxygen atoms in total. The van der Waals surface area contributed by atoms with Gasteiger partial charge < -0.3 is 10.5 Å². The second kappa shape index (κ2) is 7.88. The molecule has 1 heterocycles. The van der Waals surface area contributed by atoms with E-state index >= 15 is 0 Å². The van der Waals surface area contributed by atoms with E-state index < -0.39 is 0 Å². The van der Waals surface area contributed by atoms with Gasteiger partial charge in [-0.1, -0.05) is 48.0 Å². The van der Waals surface area contributed by atoms with Crippen LogP contribution in [0.2, 0.25) is 0 Å². The van der Waals surface area contributed by atoms with Crippen LogP contribution in [0.4, 0.5) is 5.69 Å². The molecule has 0 bridgehead atoms. The summed E-state index contributed by atoms with van der Waals surface area (Å²) in [6.45, 7) is 6.24. The molecule has 0 aromatic heterocycles. The van der Waals surface area contributed by atoms with Gasteiger partial charge in [0.1, 0.15) is 17.4 Å². The number of benzene rings is 3. The maximum absolute atomic E-state index is 9.73. The number of hydrogen-bond acceptors (Lipinski definition) is 4. The molecular weight excluding hydrogens is 370 g/mol. The van der Waals surface area contributed by atoms with Gasteiger partial charge in [-0.05, 0) is 61.2 Å². The first-order valence-corrected chi connectivity index (χ1v) is 9.86. The average molecular weight is 393 g/mol. The molecule has 0 amide bonds. The van der Waals surface area contributed by atoms with Gasteiger partial charge >= 0.3 is 0 Å². The monoisotopic (exact) mass is 393 g/mol. The highest BCUT2D eigenvalue weighted by molar-refractivity contribution is 5.84. The highest BCUT2D eigenvalue weighted by Crippen LogP contribution is 2.42. The van der Waals surface area contributed by atoms with Crippen molar-refractivity contribution < 1.29 is 4.74 Å². The summed E-state index contributed by atoms with van der Waals surface area (Å²) in [5.74, 6) is 0.558. The van der Waals surface area contributed by atoms with E-state index in [4.69, 9.17) is 15.5 Å². The summed E-state index contributed by atoms with van der Waals surface area (Å²) < 4.78 is 5.75. The van der Waals surface area contributed by atoms with E-state index in [-0.39, 0.29) is 11.8 Å². The predicted molar refractivity (Wildman–Crippen MR) is 120 cm³/mol. The molecule has 0 unspecified atom stereocenters. The number of hydrogen-bond donors (Lipinski definition) is 1. The highest BCUT2D eigenvalue weighted by atomic mass is 16.5. The lowest BCUT2D eigenvalue weighted by molar-refractivity contribution is 0.393. The van der Waals surface area contributed by atoms with Crippen LogP contribution in [0.15, 0.2) is 77.1 Å². The minimum Gasteiger partial charge on any atom is -0.440 e. The molecule has 1 aliphatic rings. The fourth-order valence-corrected chi connectivity index (χ4v) is 4.06. The second-order valence-electron chi connectivity index (χ2n) is 7.64. The number of allylic oxidation sites excluding steroid dienone is 1. The lowest BCUT2D eigenvalue weighted by Crippen LogP contribution is -2.21. The van der Waals surface area contributed by atoms with Crippen LogP contribution in [0.3, 0.4) is 0 Å². The number of ether oxygens (including phenoxy) is 1. The molecule has 1 aliphatic heterocycles. The molecule has 0 saturated carbocycles. The van der Waals surface area contributed by atoms with Gasteiger partial charge in [-0.3, -0.25) is 4.99 Å². The topological polar surface area (TPSA) is 71.4 Å². The molecule has 3 aromatic carbocycles. The van der Waals surface area contributed by atoms with Crippen LogP contribution >= 0.6 is 0 Å². The van der Waals surface area contributed by atoms with Crippen LogP contribution in [0.25, 0.3) is 0 Å². The Morgan fingerprint density at radius 2 is 1.70 bits per heavy atom. The lowest BCUT2D eigenvalue weighted by Gasteiger charge is -2.26. The summed E-state index contributed by atoms with van der Waals surface area (Å²) in [6, 6.07) is 22.3. The zero-order valence-electron chi connectivity index (χ0n) is 17.3. The van der Waals surface area contributed by atoms with Crippen LogP contribution in [0, 0.1) is 32.1 Å². The van der Waals surface area contributed by atoms with Gasteiger partial charge in [0.15, 0.2) is 0 Å². The zero-order chi connectivity index (χ0) is 21.3. The first kappa shape index (κ1) is 19.5. The summed E-state index contributed by atoms with van der Waals surface area (Å²) >= 11 is 0. The van der Waals surface area contributed by atoms with Crippen molar-refractivity contribution >= 4 is 11.9 Å². The maximum atomic E-state index is 9.73. The van der Waals surface area contributed by atoms with Crippen molar-refractivity contribution in [3.05, 3.63) is 106 Å². The second-order valence-corrected chi connectivity index (χ2v) is 7.64. The zero-order valence-corrected chi connectivity index (χ0v) is 17.3. The van der Waals surface area contributed by atoms with Crippen molar-refractivity contribution in [3.8, 4) is 11.8 Å². The summed E-state index contributed by atoms with van der Waals surface area (Å²) in [7, 11) is 0. The Balaban J connectivity index is 1.78. The van der Waals surface area contributed by atoms with Crippen molar-refractivity contribution in [1.82, 2.24) is 0 Å². The fourth-order valence-electron chi connectivity index (χ4n) is 4.06. The third-order valence-corrected chi connectivity index (χ3v) is 5.35. The van der Waals surface area contributed by atoms with E-state index in [1.807, 2.05) is 54.7 Å². The molecule has 4 heteroatoms. The van der Waals surface area contributed by atoms with Gasteiger partial charge in [0.05, 0.1) is 11.6 Å². The molecule has 2 N–H and O–H groups in total. The summed E-state index contributed by atoms with van der Waals surface area (Å²) in [4.78, 5) is 4.75.